The van der Waals surface area contributed by atoms with Crippen LogP contribution in [0.15, 0.2) is 60.9 Å². The van der Waals surface area contributed by atoms with E-state index in [2.05, 4.69) is 10.3 Å². The number of para-hydroxylation sites is 1. The van der Waals surface area contributed by atoms with Crippen molar-refractivity contribution in [2.45, 2.75) is 6.54 Å². The van der Waals surface area contributed by atoms with Crippen molar-refractivity contribution in [2.75, 3.05) is 7.11 Å². The van der Waals surface area contributed by atoms with Crippen LogP contribution in [0.2, 0.25) is 0 Å². The topological polar surface area (TPSA) is 69.9 Å². The van der Waals surface area contributed by atoms with Crippen molar-refractivity contribution in [1.82, 2.24) is 20.0 Å². The summed E-state index contributed by atoms with van der Waals surface area (Å²) in [5, 5.41) is 8.46. The van der Waals surface area contributed by atoms with Gasteiger partial charge in [-0.1, -0.05) is 35.5 Å². The first-order valence-electron chi connectivity index (χ1n) is 8.27. The molecule has 27 heavy (non-hydrogen) atoms. The third-order valence-corrected chi connectivity index (χ3v) is 4.27. The zero-order valence-electron chi connectivity index (χ0n) is 14.5. The number of halogens is 1. The lowest BCUT2D eigenvalue weighted by atomic mass is 9.96. The molecule has 134 valence electrons. The zero-order valence-corrected chi connectivity index (χ0v) is 14.5. The Hall–Kier alpha value is -3.61. The summed E-state index contributed by atoms with van der Waals surface area (Å²) in [5.41, 5.74) is 2.68. The second-order valence-electron chi connectivity index (χ2n) is 5.93. The number of hydrogen-bond acceptors (Lipinski definition) is 5. The van der Waals surface area contributed by atoms with Gasteiger partial charge in [-0.15, -0.1) is 5.10 Å². The highest BCUT2D eigenvalue weighted by Gasteiger charge is 2.22. The highest BCUT2D eigenvalue weighted by atomic mass is 19.1. The maximum atomic E-state index is 13.9. The van der Waals surface area contributed by atoms with E-state index in [1.807, 2.05) is 24.3 Å². The lowest BCUT2D eigenvalue weighted by Gasteiger charge is -2.16. The number of ether oxygens (including phenoxy) is 1. The zero-order chi connectivity index (χ0) is 18.8. The summed E-state index contributed by atoms with van der Waals surface area (Å²) in [4.78, 5) is 17.4. The van der Waals surface area contributed by atoms with Crippen LogP contribution in [0.25, 0.3) is 22.2 Å². The fourth-order valence-electron chi connectivity index (χ4n) is 3.09. The number of benzene rings is 2. The Bertz CT molecular complexity index is 1130. The molecule has 0 unspecified atom stereocenters. The summed E-state index contributed by atoms with van der Waals surface area (Å²) in [5.74, 6) is -0.866. The minimum Gasteiger partial charge on any atom is -0.465 e. The minimum atomic E-state index is -0.485. The predicted molar refractivity (Wildman–Crippen MR) is 97.6 cm³/mol. The summed E-state index contributed by atoms with van der Waals surface area (Å²) in [6, 6.07) is 13.4. The van der Waals surface area contributed by atoms with E-state index in [0.717, 1.165) is 0 Å². The maximum absolute atomic E-state index is 13.9. The van der Waals surface area contributed by atoms with Gasteiger partial charge in [-0.2, -0.15) is 0 Å². The largest absolute Gasteiger partial charge is 0.465 e. The fraction of sp³-hybridized carbons (Fsp3) is 0.100. The van der Waals surface area contributed by atoms with E-state index in [0.29, 0.717) is 33.3 Å². The van der Waals surface area contributed by atoms with Gasteiger partial charge in [0.2, 0.25) is 0 Å². The molecule has 7 heteroatoms. The number of pyridine rings is 1. The third kappa shape index (κ3) is 3.15. The van der Waals surface area contributed by atoms with E-state index in [-0.39, 0.29) is 12.4 Å². The van der Waals surface area contributed by atoms with Crippen molar-refractivity contribution in [2.24, 2.45) is 0 Å². The number of fused-ring (bicyclic) bond motifs is 1. The summed E-state index contributed by atoms with van der Waals surface area (Å²) in [6.07, 6.45) is 3.24. The van der Waals surface area contributed by atoms with E-state index in [1.54, 1.807) is 29.2 Å². The summed E-state index contributed by atoms with van der Waals surface area (Å²) in [6.45, 7) is 0.244. The highest BCUT2D eigenvalue weighted by molar-refractivity contribution is 6.06. The average Bonchev–Trinajstić information content (AvgIpc) is 3.20. The van der Waals surface area contributed by atoms with Gasteiger partial charge in [0.25, 0.3) is 0 Å². The van der Waals surface area contributed by atoms with Gasteiger partial charge in [0.15, 0.2) is 0 Å². The van der Waals surface area contributed by atoms with Crippen LogP contribution in [0.1, 0.15) is 15.9 Å². The van der Waals surface area contributed by atoms with Crippen molar-refractivity contribution >= 4 is 16.9 Å². The maximum Gasteiger partial charge on any atom is 0.338 e. The van der Waals surface area contributed by atoms with Crippen molar-refractivity contribution in [3.63, 3.8) is 0 Å². The molecule has 0 amide bonds. The van der Waals surface area contributed by atoms with Gasteiger partial charge in [-0.25, -0.2) is 18.9 Å². The molecule has 0 spiro atoms. The number of aromatic nitrogens is 4. The van der Waals surface area contributed by atoms with Crippen LogP contribution in [-0.2, 0) is 11.3 Å². The number of carbonyl (C=O) groups is 1. The van der Waals surface area contributed by atoms with Crippen molar-refractivity contribution in [3.05, 3.63) is 77.9 Å². The summed E-state index contributed by atoms with van der Waals surface area (Å²) < 4.78 is 20.5. The Labute approximate surface area is 154 Å². The molecule has 0 aliphatic carbocycles. The van der Waals surface area contributed by atoms with E-state index in [9.17, 15) is 9.18 Å². The minimum absolute atomic E-state index is 0.244. The number of methoxy groups -OCH3 is 1. The van der Waals surface area contributed by atoms with Crippen molar-refractivity contribution in [3.8, 4) is 11.3 Å². The number of nitrogens with zero attached hydrogens (tertiary/aromatic N) is 4. The molecule has 6 nitrogen and oxygen atoms in total. The molecular weight excluding hydrogens is 347 g/mol. The number of esters is 1. The Kier molecular flexibility index (Phi) is 4.33. The number of carbonyl (C=O) groups excluding carboxylic acids is 1. The first-order valence-corrected chi connectivity index (χ1v) is 8.27. The lowest BCUT2D eigenvalue weighted by molar-refractivity contribution is 0.0601. The van der Waals surface area contributed by atoms with Crippen LogP contribution < -0.4 is 0 Å². The molecule has 0 aliphatic rings. The fourth-order valence-corrected chi connectivity index (χ4v) is 3.09. The second kappa shape index (κ2) is 6.95. The normalized spacial score (nSPS) is 10.9. The van der Waals surface area contributed by atoms with E-state index < -0.39 is 5.97 Å². The molecule has 0 fully saturated rings. The second-order valence-corrected chi connectivity index (χ2v) is 5.93. The van der Waals surface area contributed by atoms with Gasteiger partial charge in [0.1, 0.15) is 5.82 Å². The molecule has 2 aromatic carbocycles. The monoisotopic (exact) mass is 362 g/mol. The van der Waals surface area contributed by atoms with E-state index in [4.69, 9.17) is 9.72 Å². The quantitative estimate of drug-likeness (QED) is 0.520. The van der Waals surface area contributed by atoms with Gasteiger partial charge < -0.3 is 4.74 Å². The molecule has 4 rings (SSSR count). The average molecular weight is 362 g/mol. The Morgan fingerprint density at radius 2 is 2.04 bits per heavy atom. The molecule has 0 bridgehead atoms. The molecule has 0 saturated heterocycles. The number of hydrogen-bond donors (Lipinski definition) is 0. The van der Waals surface area contributed by atoms with Gasteiger partial charge in [-0.05, 0) is 18.2 Å². The van der Waals surface area contributed by atoms with Crippen LogP contribution >= 0.6 is 0 Å². The Balaban J connectivity index is 2.06. The van der Waals surface area contributed by atoms with Crippen LogP contribution in [0.4, 0.5) is 4.39 Å². The van der Waals surface area contributed by atoms with Crippen molar-refractivity contribution in [1.29, 1.82) is 0 Å². The molecule has 0 saturated carbocycles. The Morgan fingerprint density at radius 1 is 1.19 bits per heavy atom. The first-order chi connectivity index (χ1) is 13.2. The molecular formula is C20H15FN4O2. The third-order valence-electron chi connectivity index (χ3n) is 4.27. The molecule has 0 atom stereocenters. The molecule has 0 radical (unpaired) electrons. The number of rotatable bonds is 4. The molecule has 2 aromatic heterocycles. The highest BCUT2D eigenvalue weighted by Crippen LogP contribution is 2.31. The first kappa shape index (κ1) is 16.8. The van der Waals surface area contributed by atoms with Crippen LogP contribution in [0.5, 0.6) is 0 Å². The van der Waals surface area contributed by atoms with Gasteiger partial charge in [0.05, 0.1) is 36.6 Å². The van der Waals surface area contributed by atoms with E-state index in [1.165, 1.54) is 19.2 Å². The molecule has 0 aliphatic heterocycles. The summed E-state index contributed by atoms with van der Waals surface area (Å²) >= 11 is 0. The Morgan fingerprint density at radius 3 is 2.78 bits per heavy atom. The molecule has 2 heterocycles. The lowest BCUT2D eigenvalue weighted by Crippen LogP contribution is -2.13. The van der Waals surface area contributed by atoms with Crippen LogP contribution in [-0.4, -0.2) is 33.1 Å². The van der Waals surface area contributed by atoms with Gasteiger partial charge >= 0.3 is 5.97 Å². The van der Waals surface area contributed by atoms with Gasteiger partial charge in [-0.3, -0.25) is 0 Å². The standard InChI is InChI=1S/C20H15FN4O2/c1-27-20(26)18-15-7-2-3-8-17(15)23-19(13-5-4-6-14(21)11-13)16(18)12-25-10-9-22-24-25/h2-11H,12H2,1H3. The van der Waals surface area contributed by atoms with E-state index >= 15 is 0 Å². The van der Waals surface area contributed by atoms with Crippen LogP contribution in [0.3, 0.4) is 0 Å². The predicted octanol–water partition coefficient (Wildman–Crippen LogP) is 3.47. The smallest absolute Gasteiger partial charge is 0.338 e. The molecule has 0 N–H and O–H groups in total. The molecule has 4 aromatic rings. The SMILES string of the molecule is COC(=O)c1c(Cn2ccnn2)c(-c2cccc(F)c2)nc2ccccc12. The van der Waals surface area contributed by atoms with Gasteiger partial charge in [0, 0.05) is 22.7 Å². The van der Waals surface area contributed by atoms with Crippen LogP contribution in [0, 0.1) is 5.82 Å². The van der Waals surface area contributed by atoms with Crippen molar-refractivity contribution < 1.29 is 13.9 Å². The summed E-state index contributed by atoms with van der Waals surface area (Å²) in [7, 11) is 1.33.